The van der Waals surface area contributed by atoms with E-state index in [0.717, 1.165) is 53.1 Å². The molecule has 2 N–H and O–H groups in total. The molecule has 1 aliphatic heterocycles. The number of rotatable bonds is 8. The first-order chi connectivity index (χ1) is 13.7. The maximum atomic E-state index is 12.9. The van der Waals surface area contributed by atoms with Crippen LogP contribution in [0.5, 0.6) is 5.75 Å². The van der Waals surface area contributed by atoms with Gasteiger partial charge in [-0.25, -0.2) is 4.98 Å². The quantitative estimate of drug-likeness (QED) is 0.565. The normalized spacial score (nSPS) is 14.1. The van der Waals surface area contributed by atoms with E-state index in [-0.39, 0.29) is 0 Å². The van der Waals surface area contributed by atoms with E-state index >= 15 is 0 Å². The second-order valence-corrected chi connectivity index (χ2v) is 8.18. The zero-order chi connectivity index (χ0) is 19.5. The lowest BCUT2D eigenvalue weighted by Crippen LogP contribution is -2.06. The van der Waals surface area contributed by atoms with Crippen molar-refractivity contribution in [2.75, 3.05) is 32.2 Å². The molecule has 0 amide bonds. The molecule has 0 saturated heterocycles. The van der Waals surface area contributed by atoms with Gasteiger partial charge in [0.2, 0.25) is 0 Å². The molecule has 1 atom stereocenters. The first-order valence-electron chi connectivity index (χ1n) is 9.37. The number of anilines is 1. The molecule has 7 nitrogen and oxygen atoms in total. The van der Waals surface area contributed by atoms with Gasteiger partial charge in [0, 0.05) is 44.1 Å². The summed E-state index contributed by atoms with van der Waals surface area (Å²) in [5.74, 6) is 1.06. The third-order valence-corrected chi connectivity index (χ3v) is 6.05. The zero-order valence-electron chi connectivity index (χ0n) is 16.1. The van der Waals surface area contributed by atoms with Crippen molar-refractivity contribution in [3.8, 4) is 5.75 Å². The Hall–Kier alpha value is -2.45. The highest BCUT2D eigenvalue weighted by molar-refractivity contribution is 7.84. The van der Waals surface area contributed by atoms with Crippen molar-refractivity contribution < 1.29 is 13.7 Å². The highest BCUT2D eigenvalue weighted by Gasteiger charge is 2.17. The number of imidazole rings is 1. The van der Waals surface area contributed by atoms with Crippen molar-refractivity contribution in [2.45, 2.75) is 30.7 Å². The maximum absolute atomic E-state index is 12.9. The highest BCUT2D eigenvalue weighted by atomic mass is 32.2. The van der Waals surface area contributed by atoms with Crippen LogP contribution < -0.4 is 10.1 Å². The summed E-state index contributed by atoms with van der Waals surface area (Å²) in [6, 6.07) is 5.95. The smallest absolute Gasteiger partial charge is 0.197 e. The molecule has 1 aliphatic rings. The Morgan fingerprint density at radius 3 is 3.04 bits per heavy atom. The number of hydrogen-bond acceptors (Lipinski definition) is 6. The number of nitrogens with one attached hydrogen (secondary N) is 2. The van der Waals surface area contributed by atoms with Crippen molar-refractivity contribution >= 4 is 27.5 Å². The van der Waals surface area contributed by atoms with Crippen LogP contribution in [0.2, 0.25) is 0 Å². The molecule has 0 saturated carbocycles. The first-order valence-corrected chi connectivity index (χ1v) is 10.7. The molecule has 0 bridgehead atoms. The predicted octanol–water partition coefficient (Wildman–Crippen LogP) is 2.96. The van der Waals surface area contributed by atoms with Gasteiger partial charge in [-0.2, -0.15) is 0 Å². The van der Waals surface area contributed by atoms with Crippen molar-refractivity contribution in [1.82, 2.24) is 15.0 Å². The molecule has 0 spiro atoms. The van der Waals surface area contributed by atoms with Gasteiger partial charge in [0.25, 0.3) is 0 Å². The van der Waals surface area contributed by atoms with Gasteiger partial charge in [-0.3, -0.25) is 9.19 Å². The average Bonchev–Trinajstić information content (AvgIpc) is 3.31. The number of pyridine rings is 1. The third kappa shape index (κ3) is 3.88. The molecule has 0 aliphatic carbocycles. The Labute approximate surface area is 166 Å². The Morgan fingerprint density at radius 1 is 1.29 bits per heavy atom. The number of H-pyrrole nitrogens is 1. The van der Waals surface area contributed by atoms with Crippen LogP contribution in [0.15, 0.2) is 29.6 Å². The van der Waals surface area contributed by atoms with Gasteiger partial charge >= 0.3 is 0 Å². The van der Waals surface area contributed by atoms with Crippen molar-refractivity contribution in [2.24, 2.45) is 0 Å². The van der Waals surface area contributed by atoms with Gasteiger partial charge in [-0.1, -0.05) is 0 Å². The van der Waals surface area contributed by atoms with Crippen LogP contribution in [0.4, 0.5) is 5.69 Å². The Kier molecular flexibility index (Phi) is 5.59. The summed E-state index contributed by atoms with van der Waals surface area (Å²) in [7, 11) is 0.357. The van der Waals surface area contributed by atoms with Crippen LogP contribution in [-0.2, 0) is 27.7 Å². The molecule has 8 heteroatoms. The van der Waals surface area contributed by atoms with Gasteiger partial charge in [0.1, 0.15) is 5.75 Å². The largest absolute Gasteiger partial charge is 0.493 e. The van der Waals surface area contributed by atoms with Crippen molar-refractivity contribution in [3.63, 3.8) is 0 Å². The predicted molar refractivity (Wildman–Crippen MR) is 109 cm³/mol. The lowest BCUT2D eigenvalue weighted by Gasteiger charge is -2.11. The fraction of sp³-hybridized carbons (Fsp3) is 0.400. The van der Waals surface area contributed by atoms with E-state index < -0.39 is 10.8 Å². The topological polar surface area (TPSA) is 89.1 Å². The summed E-state index contributed by atoms with van der Waals surface area (Å²) in [5.41, 5.74) is 5.80. The van der Waals surface area contributed by atoms with E-state index in [1.165, 1.54) is 5.56 Å². The molecule has 148 valence electrons. The number of hydrogen-bond donors (Lipinski definition) is 2. The number of fused-ring (bicyclic) bond motifs is 2. The molecule has 3 heterocycles. The molecular weight excluding hydrogens is 376 g/mol. The monoisotopic (exact) mass is 400 g/mol. The van der Waals surface area contributed by atoms with Gasteiger partial charge in [-0.05, 0) is 37.1 Å². The van der Waals surface area contributed by atoms with E-state index in [0.29, 0.717) is 24.1 Å². The minimum absolute atomic E-state index is 0.291. The second-order valence-electron chi connectivity index (χ2n) is 6.81. The summed E-state index contributed by atoms with van der Waals surface area (Å²) in [6.07, 6.45) is 3.51. The van der Waals surface area contributed by atoms with Crippen LogP contribution in [-0.4, -0.2) is 46.0 Å². The lowest BCUT2D eigenvalue weighted by atomic mass is 10.1. The van der Waals surface area contributed by atoms with Gasteiger partial charge < -0.3 is 19.8 Å². The Bertz CT molecular complexity index is 977. The van der Waals surface area contributed by atoms with Gasteiger partial charge in [0.15, 0.2) is 5.16 Å². The number of ether oxygens (including phenoxy) is 2. The molecule has 0 radical (unpaired) electrons. The highest BCUT2D eigenvalue weighted by Crippen LogP contribution is 2.28. The SMILES string of the molecule is COCCCOc1ccnc(CS(=O)c2nc3cc4c(cc3[nH]2)CCN4)c1C. The Morgan fingerprint density at radius 2 is 2.18 bits per heavy atom. The standard InChI is InChI=1S/C20H24N4O3S/c1-13-18(22-7-5-19(13)27-9-3-8-26-2)12-28(25)20-23-16-10-14-4-6-21-15(14)11-17(16)24-20/h5,7,10-11,21H,3-4,6,8-9,12H2,1-2H3,(H,23,24). The third-order valence-electron chi connectivity index (χ3n) is 4.89. The van der Waals surface area contributed by atoms with Crippen LogP contribution >= 0.6 is 0 Å². The second kappa shape index (κ2) is 8.28. The van der Waals surface area contributed by atoms with E-state index in [9.17, 15) is 4.21 Å². The van der Waals surface area contributed by atoms with E-state index in [1.54, 1.807) is 13.3 Å². The zero-order valence-corrected chi connectivity index (χ0v) is 16.9. The minimum Gasteiger partial charge on any atom is -0.493 e. The molecule has 1 unspecified atom stereocenters. The van der Waals surface area contributed by atoms with Gasteiger partial charge in [0.05, 0.1) is 39.9 Å². The maximum Gasteiger partial charge on any atom is 0.197 e. The average molecular weight is 401 g/mol. The number of nitrogens with zero attached hydrogens (tertiary/aromatic N) is 2. The molecule has 28 heavy (non-hydrogen) atoms. The van der Waals surface area contributed by atoms with Gasteiger partial charge in [-0.15, -0.1) is 0 Å². The van der Waals surface area contributed by atoms with Crippen molar-refractivity contribution in [3.05, 3.63) is 41.2 Å². The molecule has 3 aromatic rings. The number of benzene rings is 1. The number of methoxy groups -OCH3 is 1. The van der Waals surface area contributed by atoms with Crippen LogP contribution in [0.3, 0.4) is 0 Å². The molecular formula is C20H24N4O3S. The number of aromatic amines is 1. The fourth-order valence-electron chi connectivity index (χ4n) is 3.33. The van der Waals surface area contributed by atoms with E-state index in [2.05, 4.69) is 26.3 Å². The fourth-order valence-corrected chi connectivity index (χ4v) is 4.43. The summed E-state index contributed by atoms with van der Waals surface area (Å²) < 4.78 is 23.8. The number of aromatic nitrogens is 3. The first kappa shape index (κ1) is 18.9. The molecule has 0 fully saturated rings. The molecule has 4 rings (SSSR count). The Balaban J connectivity index is 1.50. The summed E-state index contributed by atoms with van der Waals surface area (Å²) in [5, 5.41) is 3.83. The van der Waals surface area contributed by atoms with E-state index in [1.807, 2.05) is 19.1 Å². The molecule has 1 aromatic carbocycles. The summed E-state index contributed by atoms with van der Waals surface area (Å²) >= 11 is 0. The van der Waals surface area contributed by atoms with Crippen molar-refractivity contribution in [1.29, 1.82) is 0 Å². The van der Waals surface area contributed by atoms with Crippen LogP contribution in [0, 0.1) is 6.92 Å². The van der Waals surface area contributed by atoms with E-state index in [4.69, 9.17) is 9.47 Å². The van der Waals surface area contributed by atoms with Crippen LogP contribution in [0.1, 0.15) is 23.2 Å². The molecule has 2 aromatic heterocycles. The lowest BCUT2D eigenvalue weighted by molar-refractivity contribution is 0.172. The summed E-state index contributed by atoms with van der Waals surface area (Å²) in [4.78, 5) is 12.2. The minimum atomic E-state index is -1.32. The summed E-state index contributed by atoms with van der Waals surface area (Å²) in [6.45, 7) is 4.13. The van der Waals surface area contributed by atoms with Crippen LogP contribution in [0.25, 0.3) is 11.0 Å².